The van der Waals surface area contributed by atoms with Crippen LogP contribution < -0.4 is 30.6 Å². The molecular weight excluding hydrogens is 673 g/mol. The number of carbonyl (C=O) groups excluding carboxylic acids is 2. The van der Waals surface area contributed by atoms with Crippen LogP contribution in [-0.4, -0.2) is 68.0 Å². The van der Waals surface area contributed by atoms with Crippen molar-refractivity contribution in [2.24, 2.45) is 5.10 Å². The highest BCUT2D eigenvalue weighted by molar-refractivity contribution is 6.32. The maximum Gasteiger partial charge on any atom is 0.433 e. The molecule has 0 unspecified atom stereocenters. The van der Waals surface area contributed by atoms with Gasteiger partial charge in [0, 0.05) is 66.7 Å². The zero-order chi connectivity index (χ0) is 36.0. The number of hydrogen-bond donors (Lipinski definition) is 3. The fourth-order valence-corrected chi connectivity index (χ4v) is 5.84. The van der Waals surface area contributed by atoms with E-state index in [4.69, 9.17) is 16.3 Å². The predicted molar refractivity (Wildman–Crippen MR) is 190 cm³/mol. The lowest BCUT2D eigenvalue weighted by Crippen LogP contribution is -2.44. The van der Waals surface area contributed by atoms with Crippen molar-refractivity contribution in [3.05, 3.63) is 88.3 Å². The van der Waals surface area contributed by atoms with Gasteiger partial charge in [0.15, 0.2) is 5.70 Å². The average molecular weight is 709 g/mol. The summed E-state index contributed by atoms with van der Waals surface area (Å²) in [7, 11) is 1.43. The van der Waals surface area contributed by atoms with E-state index in [9.17, 15) is 22.8 Å². The smallest absolute Gasteiger partial charge is 0.433 e. The number of allylic oxidation sites excluding steroid dienone is 1. The molecule has 2 amide bonds. The number of benzene rings is 3. The fraction of sp³-hybridized carbons (Fsp3) is 0.286. The van der Waals surface area contributed by atoms with Gasteiger partial charge in [-0.1, -0.05) is 18.5 Å². The van der Waals surface area contributed by atoms with Crippen molar-refractivity contribution in [1.82, 2.24) is 15.3 Å². The molecule has 3 aromatic carbocycles. The topological polar surface area (TPSA) is 124 Å². The standard InChI is InChI=1S/C35H36ClF3N8O3/c1-5-31(48)44-24-15-22(14-23-17-30-28(19-29(23)36)33(43-20-42-30)46-12-10-41-11-13-46)16-25(18-24)45-34(49)21(2)32(35(37,38)39)47(40-3)26-6-8-27(50-4)9-7-26/h6-9,15-20,41H,3,5,10-14H2,1-2,4H3,(H,44,48)(H,45,49)/b32-21+. The number of piperazine rings is 1. The Hall–Kier alpha value is -5.21. The quantitative estimate of drug-likeness (QED) is 0.0913. The van der Waals surface area contributed by atoms with Crippen molar-refractivity contribution in [1.29, 1.82) is 0 Å². The van der Waals surface area contributed by atoms with Crippen molar-refractivity contribution in [2.75, 3.05) is 53.8 Å². The molecule has 15 heteroatoms. The lowest BCUT2D eigenvalue weighted by atomic mass is 10.0. The van der Waals surface area contributed by atoms with Crippen LogP contribution in [0.3, 0.4) is 0 Å². The van der Waals surface area contributed by atoms with Gasteiger partial charge in [-0.15, -0.1) is 0 Å². The van der Waals surface area contributed by atoms with Crippen LogP contribution in [0.5, 0.6) is 5.75 Å². The number of nitrogens with one attached hydrogen (secondary N) is 3. The normalized spacial score (nSPS) is 13.8. The number of rotatable bonds is 11. The molecular formula is C35H36ClF3N8O3. The van der Waals surface area contributed by atoms with Gasteiger partial charge in [-0.3, -0.25) is 9.59 Å². The molecule has 2 heterocycles. The molecule has 1 aromatic heterocycles. The second kappa shape index (κ2) is 15.6. The molecule has 3 N–H and O–H groups in total. The number of hydrazone groups is 1. The molecule has 0 aliphatic carbocycles. The molecule has 1 aliphatic rings. The molecule has 50 heavy (non-hydrogen) atoms. The van der Waals surface area contributed by atoms with Crippen molar-refractivity contribution in [3.8, 4) is 5.75 Å². The van der Waals surface area contributed by atoms with Crippen LogP contribution >= 0.6 is 11.6 Å². The maximum atomic E-state index is 14.5. The van der Waals surface area contributed by atoms with Crippen LogP contribution in [0.4, 0.5) is 36.1 Å². The molecule has 262 valence electrons. The largest absolute Gasteiger partial charge is 0.497 e. The third-order valence-corrected chi connectivity index (χ3v) is 8.44. The Balaban J connectivity index is 1.49. The first kappa shape index (κ1) is 36.1. The first-order valence-corrected chi connectivity index (χ1v) is 16.1. The van der Waals surface area contributed by atoms with Gasteiger partial charge in [-0.25, -0.2) is 15.0 Å². The average Bonchev–Trinajstić information content (AvgIpc) is 3.10. The van der Waals surface area contributed by atoms with E-state index >= 15 is 0 Å². The van der Waals surface area contributed by atoms with E-state index in [1.54, 1.807) is 19.1 Å². The number of methoxy groups -OCH3 is 1. The van der Waals surface area contributed by atoms with E-state index in [2.05, 4.69) is 42.6 Å². The van der Waals surface area contributed by atoms with Crippen molar-refractivity contribution in [2.45, 2.75) is 32.9 Å². The number of nitrogens with zero attached hydrogens (tertiary/aromatic N) is 5. The second-order valence-electron chi connectivity index (χ2n) is 11.5. The Morgan fingerprint density at radius 3 is 2.36 bits per heavy atom. The summed E-state index contributed by atoms with van der Waals surface area (Å²) in [5.74, 6) is -0.111. The molecule has 1 fully saturated rings. The Labute approximate surface area is 292 Å². The van der Waals surface area contributed by atoms with Gasteiger partial charge in [0.05, 0.1) is 18.3 Å². The number of anilines is 4. The number of hydrogen-bond acceptors (Lipinski definition) is 9. The van der Waals surface area contributed by atoms with Gasteiger partial charge in [0.25, 0.3) is 5.91 Å². The summed E-state index contributed by atoms with van der Waals surface area (Å²) in [6.45, 7) is 9.29. The lowest BCUT2D eigenvalue weighted by molar-refractivity contribution is -0.116. The van der Waals surface area contributed by atoms with Crippen LogP contribution in [0.25, 0.3) is 10.9 Å². The third kappa shape index (κ3) is 8.32. The number of aromatic nitrogens is 2. The highest BCUT2D eigenvalue weighted by Crippen LogP contribution is 2.36. The second-order valence-corrected chi connectivity index (χ2v) is 11.9. The molecule has 1 aliphatic heterocycles. The summed E-state index contributed by atoms with van der Waals surface area (Å²) in [6.07, 6.45) is -3.03. The molecule has 0 bridgehead atoms. The zero-order valence-electron chi connectivity index (χ0n) is 27.7. The first-order chi connectivity index (χ1) is 23.9. The molecule has 4 aromatic rings. The SMILES string of the molecule is C=NN(/C(=C(\C)C(=O)Nc1cc(Cc2cc3ncnc(N4CCNCC4)c3cc2Cl)cc(NC(=O)CC)c1)C(F)(F)F)c1ccc(OC)cc1. The Kier molecular flexibility index (Phi) is 11.2. The molecule has 1 saturated heterocycles. The summed E-state index contributed by atoms with van der Waals surface area (Å²) < 4.78 is 48.6. The number of alkyl halides is 3. The number of fused-ring (bicyclic) bond motifs is 1. The van der Waals surface area contributed by atoms with Crippen LogP contribution in [0.15, 0.2) is 77.3 Å². The van der Waals surface area contributed by atoms with Crippen molar-refractivity contribution < 1.29 is 27.5 Å². The van der Waals surface area contributed by atoms with Crippen LogP contribution in [-0.2, 0) is 16.0 Å². The Morgan fingerprint density at radius 2 is 1.74 bits per heavy atom. The summed E-state index contributed by atoms with van der Waals surface area (Å²) in [5, 5.41) is 14.1. The van der Waals surface area contributed by atoms with E-state index < -0.39 is 23.4 Å². The molecule has 11 nitrogen and oxygen atoms in total. The summed E-state index contributed by atoms with van der Waals surface area (Å²) in [4.78, 5) is 37.0. The van der Waals surface area contributed by atoms with Crippen LogP contribution in [0.1, 0.15) is 31.4 Å². The van der Waals surface area contributed by atoms with Crippen molar-refractivity contribution in [3.63, 3.8) is 0 Å². The molecule has 5 rings (SSSR count). The minimum absolute atomic E-state index is 0.0180. The molecule has 0 spiro atoms. The number of amides is 2. The van der Waals surface area contributed by atoms with Crippen LogP contribution in [0, 0.1) is 0 Å². The lowest BCUT2D eigenvalue weighted by Gasteiger charge is -2.29. The number of halogens is 4. The first-order valence-electron chi connectivity index (χ1n) is 15.7. The summed E-state index contributed by atoms with van der Waals surface area (Å²) >= 11 is 6.80. The number of ether oxygens (including phenoxy) is 1. The minimum Gasteiger partial charge on any atom is -0.497 e. The maximum absolute atomic E-state index is 14.5. The van der Waals surface area contributed by atoms with E-state index in [0.29, 0.717) is 38.1 Å². The summed E-state index contributed by atoms with van der Waals surface area (Å²) in [6, 6.07) is 14.1. The Bertz CT molecular complexity index is 1930. The van der Waals surface area contributed by atoms with E-state index in [0.717, 1.165) is 44.3 Å². The molecule has 0 atom stereocenters. The van der Waals surface area contributed by atoms with Gasteiger partial charge < -0.3 is 25.6 Å². The number of carbonyl (C=O) groups is 2. The highest BCUT2D eigenvalue weighted by atomic mass is 35.5. The highest BCUT2D eigenvalue weighted by Gasteiger charge is 2.42. The van der Waals surface area contributed by atoms with Gasteiger partial charge >= 0.3 is 6.18 Å². The Morgan fingerprint density at radius 1 is 1.06 bits per heavy atom. The van der Waals surface area contributed by atoms with Gasteiger partial charge in [-0.05, 0) is 79.1 Å². The third-order valence-electron chi connectivity index (χ3n) is 8.08. The zero-order valence-corrected chi connectivity index (χ0v) is 28.5. The van der Waals surface area contributed by atoms with E-state index in [-0.39, 0.29) is 30.1 Å². The molecule has 0 saturated carbocycles. The molecule has 0 radical (unpaired) electrons. The van der Waals surface area contributed by atoms with Gasteiger partial charge in [0.2, 0.25) is 5.91 Å². The van der Waals surface area contributed by atoms with Crippen LogP contribution in [0.2, 0.25) is 5.02 Å². The van der Waals surface area contributed by atoms with Gasteiger partial charge in [-0.2, -0.15) is 18.3 Å². The summed E-state index contributed by atoms with van der Waals surface area (Å²) in [5.41, 5.74) is 0.552. The monoisotopic (exact) mass is 708 g/mol. The van der Waals surface area contributed by atoms with E-state index in [1.165, 1.54) is 43.8 Å². The van der Waals surface area contributed by atoms with Crippen molar-refractivity contribution >= 4 is 63.9 Å². The van der Waals surface area contributed by atoms with E-state index in [1.807, 2.05) is 12.1 Å². The predicted octanol–water partition coefficient (Wildman–Crippen LogP) is 6.54. The minimum atomic E-state index is -4.98. The van der Waals surface area contributed by atoms with Gasteiger partial charge in [0.1, 0.15) is 17.9 Å². The fourth-order valence-electron chi connectivity index (χ4n) is 5.61.